The molecule has 0 aromatic heterocycles. The molecule has 20 heavy (non-hydrogen) atoms. The lowest BCUT2D eigenvalue weighted by Gasteiger charge is -2.19. The van der Waals surface area contributed by atoms with E-state index in [-0.39, 0.29) is 6.42 Å². The molecule has 0 saturated carbocycles. The van der Waals surface area contributed by atoms with Gasteiger partial charge in [0.2, 0.25) is 0 Å². The van der Waals surface area contributed by atoms with Crippen LogP contribution in [0, 0.1) is 11.6 Å². The maximum Gasteiger partial charge on any atom is 0.126 e. The van der Waals surface area contributed by atoms with Crippen LogP contribution in [-0.4, -0.2) is 0 Å². The van der Waals surface area contributed by atoms with E-state index < -0.39 is 17.7 Å². The van der Waals surface area contributed by atoms with E-state index in [1.807, 2.05) is 0 Å². The minimum Gasteiger partial charge on any atom is -0.271 e. The normalized spacial score (nSPS) is 12.4. The van der Waals surface area contributed by atoms with Crippen molar-refractivity contribution in [3.8, 4) is 0 Å². The summed E-state index contributed by atoms with van der Waals surface area (Å²) in [6, 6.07) is 7.94. The van der Waals surface area contributed by atoms with Crippen LogP contribution in [0.5, 0.6) is 0 Å². The van der Waals surface area contributed by atoms with Gasteiger partial charge in [-0.2, -0.15) is 0 Å². The van der Waals surface area contributed by atoms with Crippen molar-refractivity contribution < 1.29 is 8.78 Å². The molecule has 2 aromatic carbocycles. The van der Waals surface area contributed by atoms with Gasteiger partial charge < -0.3 is 0 Å². The third-order valence-corrected chi connectivity index (χ3v) is 3.57. The second-order valence-electron chi connectivity index (χ2n) is 4.34. The maximum atomic E-state index is 13.2. The number of hydrazine groups is 1. The number of halogens is 4. The molecule has 0 aliphatic rings. The fourth-order valence-electron chi connectivity index (χ4n) is 2.05. The summed E-state index contributed by atoms with van der Waals surface area (Å²) in [5, 5.41) is 0.884. The molecule has 1 atom stereocenters. The first-order valence-electron chi connectivity index (χ1n) is 5.86. The van der Waals surface area contributed by atoms with E-state index in [2.05, 4.69) is 5.43 Å². The molecule has 0 aliphatic carbocycles. The Morgan fingerprint density at radius 3 is 2.10 bits per heavy atom. The summed E-state index contributed by atoms with van der Waals surface area (Å²) in [4.78, 5) is 0. The van der Waals surface area contributed by atoms with E-state index in [1.54, 1.807) is 18.2 Å². The molecule has 2 nitrogen and oxygen atoms in total. The van der Waals surface area contributed by atoms with Gasteiger partial charge in [0.25, 0.3) is 0 Å². The Morgan fingerprint density at radius 1 is 1.05 bits per heavy atom. The van der Waals surface area contributed by atoms with Crippen molar-refractivity contribution >= 4 is 23.2 Å². The Bertz CT molecular complexity index is 580. The Hall–Kier alpha value is -1.20. The molecule has 0 aliphatic heterocycles. The van der Waals surface area contributed by atoms with Crippen LogP contribution in [0.15, 0.2) is 36.4 Å². The lowest BCUT2D eigenvalue weighted by Crippen LogP contribution is -2.30. The summed E-state index contributed by atoms with van der Waals surface area (Å²) in [6.45, 7) is 0. The maximum absolute atomic E-state index is 13.2. The van der Waals surface area contributed by atoms with E-state index in [4.69, 9.17) is 29.0 Å². The van der Waals surface area contributed by atoms with Gasteiger partial charge in [0.1, 0.15) is 11.6 Å². The molecule has 0 spiro atoms. The highest BCUT2D eigenvalue weighted by Crippen LogP contribution is 2.31. The summed E-state index contributed by atoms with van der Waals surface area (Å²) >= 11 is 12.2. The highest BCUT2D eigenvalue weighted by atomic mass is 35.5. The number of benzene rings is 2. The van der Waals surface area contributed by atoms with Crippen molar-refractivity contribution in [2.75, 3.05) is 0 Å². The molecule has 0 radical (unpaired) electrons. The first-order chi connectivity index (χ1) is 9.51. The van der Waals surface area contributed by atoms with E-state index in [0.29, 0.717) is 21.2 Å². The summed E-state index contributed by atoms with van der Waals surface area (Å²) < 4.78 is 26.4. The van der Waals surface area contributed by atoms with Gasteiger partial charge in [-0.3, -0.25) is 11.3 Å². The molecule has 0 fully saturated rings. The third-order valence-electron chi connectivity index (χ3n) is 2.91. The first-order valence-corrected chi connectivity index (χ1v) is 6.62. The lowest BCUT2D eigenvalue weighted by molar-refractivity contribution is 0.540. The highest BCUT2D eigenvalue weighted by molar-refractivity contribution is 6.36. The lowest BCUT2D eigenvalue weighted by atomic mass is 9.99. The van der Waals surface area contributed by atoms with Crippen LogP contribution >= 0.6 is 23.2 Å². The smallest absolute Gasteiger partial charge is 0.126 e. The number of rotatable bonds is 4. The average Bonchev–Trinajstić information content (AvgIpc) is 2.36. The predicted octanol–water partition coefficient (Wildman–Crippen LogP) is 4.02. The largest absolute Gasteiger partial charge is 0.271 e. The van der Waals surface area contributed by atoms with Crippen LogP contribution < -0.4 is 11.3 Å². The number of hydrogen-bond acceptors (Lipinski definition) is 2. The molecular weight excluding hydrogens is 305 g/mol. The minimum atomic E-state index is -0.638. The van der Waals surface area contributed by atoms with Crippen LogP contribution in [-0.2, 0) is 6.42 Å². The predicted molar refractivity (Wildman–Crippen MR) is 76.6 cm³/mol. The quantitative estimate of drug-likeness (QED) is 0.660. The standard InChI is InChI=1S/C14H12Cl2F2N2/c15-11-2-1-3-12(16)14(11)13(20-19)6-8-4-9(17)7-10(18)5-8/h1-5,7,13,20H,6,19H2. The van der Waals surface area contributed by atoms with E-state index in [0.717, 1.165) is 6.07 Å². The molecule has 106 valence electrons. The molecule has 3 N–H and O–H groups in total. The van der Waals surface area contributed by atoms with Crippen LogP contribution in [0.3, 0.4) is 0 Å². The Kier molecular flexibility index (Phi) is 4.94. The van der Waals surface area contributed by atoms with Gasteiger partial charge in [-0.1, -0.05) is 29.3 Å². The summed E-state index contributed by atoms with van der Waals surface area (Å²) in [5.41, 5.74) is 3.63. The van der Waals surface area contributed by atoms with Crippen molar-refractivity contribution in [3.05, 3.63) is 69.2 Å². The third kappa shape index (κ3) is 3.46. The Morgan fingerprint density at radius 2 is 1.60 bits per heavy atom. The van der Waals surface area contributed by atoms with Crippen molar-refractivity contribution in [1.29, 1.82) is 0 Å². The molecular formula is C14H12Cl2F2N2. The number of nitrogens with one attached hydrogen (secondary N) is 1. The number of nitrogens with two attached hydrogens (primary N) is 1. The van der Waals surface area contributed by atoms with Gasteiger partial charge in [0, 0.05) is 21.7 Å². The monoisotopic (exact) mass is 316 g/mol. The molecule has 1 unspecified atom stereocenters. The fraction of sp³-hybridized carbons (Fsp3) is 0.143. The molecule has 2 rings (SSSR count). The van der Waals surface area contributed by atoms with Gasteiger partial charge in [0.15, 0.2) is 0 Å². The number of hydrogen-bond donors (Lipinski definition) is 2. The van der Waals surface area contributed by atoms with Crippen molar-refractivity contribution in [3.63, 3.8) is 0 Å². The van der Waals surface area contributed by atoms with Gasteiger partial charge in [0.05, 0.1) is 6.04 Å². The van der Waals surface area contributed by atoms with Gasteiger partial charge in [-0.25, -0.2) is 8.78 Å². The molecule has 0 heterocycles. The van der Waals surface area contributed by atoms with Crippen LogP contribution in [0.1, 0.15) is 17.2 Å². The minimum absolute atomic E-state index is 0.259. The summed E-state index contributed by atoms with van der Waals surface area (Å²) in [6.07, 6.45) is 0.259. The first kappa shape index (κ1) is 15.2. The van der Waals surface area contributed by atoms with E-state index in [1.165, 1.54) is 12.1 Å². The molecule has 0 amide bonds. The van der Waals surface area contributed by atoms with Crippen LogP contribution in [0.2, 0.25) is 10.0 Å². The summed E-state index contributed by atoms with van der Waals surface area (Å²) in [7, 11) is 0. The molecule has 0 bridgehead atoms. The summed E-state index contributed by atoms with van der Waals surface area (Å²) in [5.74, 6) is 4.24. The zero-order chi connectivity index (χ0) is 14.7. The zero-order valence-corrected chi connectivity index (χ0v) is 11.8. The Balaban J connectivity index is 2.34. The second kappa shape index (κ2) is 6.50. The van der Waals surface area contributed by atoms with Crippen molar-refractivity contribution in [1.82, 2.24) is 5.43 Å². The molecule has 2 aromatic rings. The second-order valence-corrected chi connectivity index (χ2v) is 5.15. The van der Waals surface area contributed by atoms with Crippen LogP contribution in [0.25, 0.3) is 0 Å². The van der Waals surface area contributed by atoms with Crippen LogP contribution in [0.4, 0.5) is 8.78 Å². The SMILES string of the molecule is NNC(Cc1cc(F)cc(F)c1)c1c(Cl)cccc1Cl. The van der Waals surface area contributed by atoms with Crippen molar-refractivity contribution in [2.45, 2.75) is 12.5 Å². The van der Waals surface area contributed by atoms with Crippen molar-refractivity contribution in [2.24, 2.45) is 5.84 Å². The molecule has 6 heteroatoms. The fourth-order valence-corrected chi connectivity index (χ4v) is 2.71. The van der Waals surface area contributed by atoms with Gasteiger partial charge in [-0.15, -0.1) is 0 Å². The average molecular weight is 317 g/mol. The van der Waals surface area contributed by atoms with E-state index >= 15 is 0 Å². The topological polar surface area (TPSA) is 38.0 Å². The zero-order valence-electron chi connectivity index (χ0n) is 10.3. The van der Waals surface area contributed by atoms with Gasteiger partial charge in [-0.05, 0) is 36.2 Å². The van der Waals surface area contributed by atoms with E-state index in [9.17, 15) is 8.78 Å². The Labute approximate surface area is 125 Å². The highest BCUT2D eigenvalue weighted by Gasteiger charge is 2.18. The molecule has 0 saturated heterocycles. The van der Waals surface area contributed by atoms with Gasteiger partial charge >= 0.3 is 0 Å².